The van der Waals surface area contributed by atoms with E-state index in [-0.39, 0.29) is 5.97 Å². The topological polar surface area (TPSA) is 51.5 Å². The predicted molar refractivity (Wildman–Crippen MR) is 76.1 cm³/mol. The highest BCUT2D eigenvalue weighted by Gasteiger charge is 2.15. The average Bonchev–Trinajstić information content (AvgIpc) is 2.74. The number of furan rings is 1. The van der Waals surface area contributed by atoms with Gasteiger partial charge in [0.2, 0.25) is 0 Å². The molecule has 1 N–H and O–H groups in total. The molecule has 106 valence electrons. The van der Waals surface area contributed by atoms with Gasteiger partial charge in [0.05, 0.1) is 7.11 Å². The first-order chi connectivity index (χ1) is 8.99. The molecule has 1 heterocycles. The van der Waals surface area contributed by atoms with Crippen LogP contribution in [0.2, 0.25) is 0 Å². The fraction of sp³-hybridized carbons (Fsp3) is 0.533. The summed E-state index contributed by atoms with van der Waals surface area (Å²) in [6.07, 6.45) is 1.99. The Bertz CT molecular complexity index is 458. The third kappa shape index (κ3) is 4.24. The Balaban J connectivity index is 2.98. The number of nitrogens with one attached hydrogen (secondary N) is 1. The van der Waals surface area contributed by atoms with Crippen molar-refractivity contribution in [3.05, 3.63) is 28.7 Å². The van der Waals surface area contributed by atoms with Gasteiger partial charge in [-0.25, -0.2) is 4.79 Å². The van der Waals surface area contributed by atoms with Gasteiger partial charge >= 0.3 is 5.97 Å². The lowest BCUT2D eigenvalue weighted by Gasteiger charge is -2.11. The zero-order chi connectivity index (χ0) is 14.4. The van der Waals surface area contributed by atoms with E-state index in [0.717, 1.165) is 13.1 Å². The number of carbonyl (C=O) groups excluding carboxylic acids is 1. The summed E-state index contributed by atoms with van der Waals surface area (Å²) in [5.41, 5.74) is 1.73. The molecule has 0 fully saturated rings. The number of esters is 1. The average molecular weight is 265 g/mol. The highest BCUT2D eigenvalue weighted by molar-refractivity contribution is 5.91. The van der Waals surface area contributed by atoms with Crippen LogP contribution in [0.5, 0.6) is 0 Å². The Morgan fingerprint density at radius 1 is 1.53 bits per heavy atom. The van der Waals surface area contributed by atoms with Gasteiger partial charge in [0.25, 0.3) is 0 Å². The Morgan fingerprint density at radius 2 is 2.21 bits per heavy atom. The van der Waals surface area contributed by atoms with Crippen LogP contribution >= 0.6 is 0 Å². The second-order valence-electron chi connectivity index (χ2n) is 4.76. The number of aryl methyl sites for hydroxylation is 1. The first-order valence-electron chi connectivity index (χ1n) is 6.59. The maximum atomic E-state index is 11.5. The third-order valence-corrected chi connectivity index (χ3v) is 2.99. The lowest BCUT2D eigenvalue weighted by molar-refractivity contribution is 0.0599. The van der Waals surface area contributed by atoms with Crippen LogP contribution in [-0.2, 0) is 4.74 Å². The molecule has 0 amide bonds. The van der Waals surface area contributed by atoms with Crippen LogP contribution in [0.1, 0.15) is 42.6 Å². The van der Waals surface area contributed by atoms with Gasteiger partial charge in [-0.1, -0.05) is 26.3 Å². The van der Waals surface area contributed by atoms with Crippen LogP contribution in [0.25, 0.3) is 6.08 Å². The molecule has 0 aliphatic rings. The molecular weight excluding hydrogens is 242 g/mol. The van der Waals surface area contributed by atoms with Crippen molar-refractivity contribution in [2.24, 2.45) is 5.92 Å². The minimum Gasteiger partial charge on any atom is -0.465 e. The van der Waals surface area contributed by atoms with E-state index >= 15 is 0 Å². The summed E-state index contributed by atoms with van der Waals surface area (Å²) >= 11 is 0. The fourth-order valence-corrected chi connectivity index (χ4v) is 1.76. The minimum atomic E-state index is -0.362. The largest absolute Gasteiger partial charge is 0.465 e. The lowest BCUT2D eigenvalue weighted by Crippen LogP contribution is -2.18. The Hall–Kier alpha value is -1.55. The molecule has 4 nitrogen and oxygen atoms in total. The van der Waals surface area contributed by atoms with Crippen molar-refractivity contribution in [2.75, 3.05) is 20.2 Å². The van der Waals surface area contributed by atoms with E-state index in [1.165, 1.54) is 12.7 Å². The van der Waals surface area contributed by atoms with Crippen molar-refractivity contribution in [2.45, 2.75) is 27.7 Å². The number of ether oxygens (including phenoxy) is 1. The molecule has 0 aromatic carbocycles. The molecule has 0 spiro atoms. The summed E-state index contributed by atoms with van der Waals surface area (Å²) in [6, 6.07) is 1.73. The molecule has 4 heteroatoms. The van der Waals surface area contributed by atoms with Gasteiger partial charge < -0.3 is 14.5 Å². The van der Waals surface area contributed by atoms with Crippen molar-refractivity contribution in [3.8, 4) is 0 Å². The van der Waals surface area contributed by atoms with Gasteiger partial charge in [-0.15, -0.1) is 0 Å². The van der Waals surface area contributed by atoms with Crippen molar-refractivity contribution < 1.29 is 13.9 Å². The molecule has 19 heavy (non-hydrogen) atoms. The first-order valence-corrected chi connectivity index (χ1v) is 6.59. The van der Waals surface area contributed by atoms with E-state index in [1.54, 1.807) is 13.0 Å². The number of likely N-dealkylation sites (N-methyl/N-ethyl adjacent to an activating group) is 1. The molecule has 0 saturated heterocycles. The summed E-state index contributed by atoms with van der Waals surface area (Å²) in [5, 5.41) is 3.30. The highest BCUT2D eigenvalue weighted by atomic mass is 16.5. The van der Waals surface area contributed by atoms with Gasteiger partial charge in [0.1, 0.15) is 17.1 Å². The lowest BCUT2D eigenvalue weighted by atomic mass is 10.0. The van der Waals surface area contributed by atoms with Gasteiger partial charge in [-0.3, -0.25) is 0 Å². The summed E-state index contributed by atoms with van der Waals surface area (Å²) < 4.78 is 10.3. The van der Waals surface area contributed by atoms with Gasteiger partial charge in [0, 0.05) is 6.54 Å². The monoisotopic (exact) mass is 265 g/mol. The quantitative estimate of drug-likeness (QED) is 0.803. The summed E-state index contributed by atoms with van der Waals surface area (Å²) in [6.45, 7) is 9.86. The Labute approximate surface area is 114 Å². The summed E-state index contributed by atoms with van der Waals surface area (Å²) in [5.74, 6) is 1.34. The Morgan fingerprint density at radius 3 is 2.74 bits per heavy atom. The van der Waals surface area contributed by atoms with Gasteiger partial charge in [-0.05, 0) is 31.5 Å². The SMILES string of the molecule is CCNCC(=Cc1cc(C(=O)OC)c(C)o1)C(C)C. The maximum Gasteiger partial charge on any atom is 0.341 e. The van der Waals surface area contributed by atoms with E-state index < -0.39 is 0 Å². The number of carbonyl (C=O) groups is 1. The van der Waals surface area contributed by atoms with Crippen LogP contribution in [0.4, 0.5) is 0 Å². The standard InChI is InChI=1S/C15H23NO3/c1-6-16-9-12(10(2)3)7-13-8-14(11(4)19-13)15(17)18-5/h7-8,10,16H,6,9H2,1-5H3. The van der Waals surface area contributed by atoms with Crippen LogP contribution < -0.4 is 5.32 Å². The highest BCUT2D eigenvalue weighted by Crippen LogP contribution is 2.20. The number of methoxy groups -OCH3 is 1. The molecule has 0 radical (unpaired) electrons. The first kappa shape index (κ1) is 15.5. The van der Waals surface area contributed by atoms with E-state index in [0.29, 0.717) is 23.0 Å². The molecule has 1 aromatic rings. The number of hydrogen-bond donors (Lipinski definition) is 1. The zero-order valence-electron chi connectivity index (χ0n) is 12.4. The molecule has 0 aliphatic carbocycles. The van der Waals surface area contributed by atoms with E-state index in [4.69, 9.17) is 9.15 Å². The number of rotatable bonds is 6. The van der Waals surface area contributed by atoms with Crippen molar-refractivity contribution in [1.82, 2.24) is 5.32 Å². The van der Waals surface area contributed by atoms with Crippen LogP contribution in [-0.4, -0.2) is 26.2 Å². The molecular formula is C15H23NO3. The molecule has 0 unspecified atom stereocenters. The molecule has 0 atom stereocenters. The van der Waals surface area contributed by atoms with Crippen LogP contribution in [0.3, 0.4) is 0 Å². The maximum absolute atomic E-state index is 11.5. The van der Waals surface area contributed by atoms with Crippen molar-refractivity contribution in [1.29, 1.82) is 0 Å². The zero-order valence-corrected chi connectivity index (χ0v) is 12.4. The molecule has 0 bridgehead atoms. The molecule has 1 aromatic heterocycles. The van der Waals surface area contributed by atoms with Gasteiger partial charge in [0.15, 0.2) is 0 Å². The summed E-state index contributed by atoms with van der Waals surface area (Å²) in [7, 11) is 1.37. The van der Waals surface area contributed by atoms with Gasteiger partial charge in [-0.2, -0.15) is 0 Å². The normalized spacial score (nSPS) is 12.0. The fourth-order valence-electron chi connectivity index (χ4n) is 1.76. The molecule has 1 rings (SSSR count). The smallest absolute Gasteiger partial charge is 0.341 e. The number of hydrogen-bond acceptors (Lipinski definition) is 4. The second kappa shape index (κ2) is 7.14. The summed E-state index contributed by atoms with van der Waals surface area (Å²) in [4.78, 5) is 11.5. The van der Waals surface area contributed by atoms with Crippen LogP contribution in [0.15, 0.2) is 16.1 Å². The predicted octanol–water partition coefficient (Wildman–Crippen LogP) is 3.02. The molecule has 0 saturated carbocycles. The molecule has 0 aliphatic heterocycles. The van der Waals surface area contributed by atoms with E-state index in [2.05, 4.69) is 26.1 Å². The van der Waals surface area contributed by atoms with E-state index in [1.807, 2.05) is 6.08 Å². The van der Waals surface area contributed by atoms with Crippen molar-refractivity contribution in [3.63, 3.8) is 0 Å². The Kier molecular flexibility index (Phi) is 5.83. The third-order valence-electron chi connectivity index (χ3n) is 2.99. The van der Waals surface area contributed by atoms with E-state index in [9.17, 15) is 4.79 Å². The van der Waals surface area contributed by atoms with Crippen molar-refractivity contribution >= 4 is 12.0 Å². The van der Waals surface area contributed by atoms with Crippen LogP contribution in [0, 0.1) is 12.8 Å². The second-order valence-corrected chi connectivity index (χ2v) is 4.76. The minimum absolute atomic E-state index is 0.362.